The fraction of sp³-hybridized carbons (Fsp3) is 0.615. The molecule has 0 aliphatic carbocycles. The van der Waals surface area contributed by atoms with E-state index in [0.717, 1.165) is 0 Å². The largest absolute Gasteiger partial charge is 0.401 e. The number of halogens is 3. The third-order valence-electron chi connectivity index (χ3n) is 3.44. The smallest absolute Gasteiger partial charge is 0.352 e. The first-order chi connectivity index (χ1) is 9.44. The molecule has 0 spiro atoms. The second-order valence-corrected chi connectivity index (χ2v) is 5.84. The molecule has 0 unspecified atom stereocenters. The monoisotopic (exact) mass is 306 g/mol. The molecule has 0 saturated carbocycles. The van der Waals surface area contributed by atoms with Crippen LogP contribution in [0.3, 0.4) is 0 Å². The van der Waals surface area contributed by atoms with Gasteiger partial charge in [-0.25, -0.2) is 0 Å². The molecule has 0 bridgehead atoms. The Balaban J connectivity index is 1.68. The lowest BCUT2D eigenvalue weighted by Crippen LogP contribution is -2.42. The molecule has 1 aromatic heterocycles. The second kappa shape index (κ2) is 6.58. The Morgan fingerprint density at radius 2 is 2.10 bits per heavy atom. The van der Waals surface area contributed by atoms with Gasteiger partial charge in [-0.15, -0.1) is 0 Å². The molecule has 1 amide bonds. The Morgan fingerprint density at radius 3 is 2.65 bits per heavy atom. The van der Waals surface area contributed by atoms with Gasteiger partial charge in [-0.2, -0.15) is 24.5 Å². The number of hydrogen-bond acceptors (Lipinski definition) is 3. The van der Waals surface area contributed by atoms with Crippen LogP contribution in [0.4, 0.5) is 13.2 Å². The van der Waals surface area contributed by atoms with Gasteiger partial charge >= 0.3 is 6.18 Å². The summed E-state index contributed by atoms with van der Waals surface area (Å²) in [6, 6.07) is 1.76. The van der Waals surface area contributed by atoms with Crippen molar-refractivity contribution in [2.45, 2.75) is 19.0 Å². The van der Waals surface area contributed by atoms with E-state index in [0.29, 0.717) is 38.0 Å². The number of piperidine rings is 1. The van der Waals surface area contributed by atoms with E-state index in [1.165, 1.54) is 16.2 Å². The van der Waals surface area contributed by atoms with Gasteiger partial charge in [0.05, 0.1) is 6.54 Å². The van der Waals surface area contributed by atoms with Crippen LogP contribution in [0.2, 0.25) is 0 Å². The summed E-state index contributed by atoms with van der Waals surface area (Å²) >= 11 is 1.46. The lowest BCUT2D eigenvalue weighted by molar-refractivity contribution is -0.148. The Kier molecular flexibility index (Phi) is 5.04. The van der Waals surface area contributed by atoms with Crippen LogP contribution < -0.4 is 5.32 Å². The van der Waals surface area contributed by atoms with Crippen molar-refractivity contribution in [2.24, 2.45) is 5.92 Å². The van der Waals surface area contributed by atoms with Crippen molar-refractivity contribution in [3.8, 4) is 0 Å². The fourth-order valence-electron chi connectivity index (χ4n) is 2.33. The van der Waals surface area contributed by atoms with Crippen LogP contribution in [0.25, 0.3) is 0 Å². The van der Waals surface area contributed by atoms with Crippen LogP contribution in [0.15, 0.2) is 16.8 Å². The minimum Gasteiger partial charge on any atom is -0.352 e. The van der Waals surface area contributed by atoms with Gasteiger partial charge in [0, 0.05) is 17.5 Å². The molecule has 112 valence electrons. The number of carbonyl (C=O) groups excluding carboxylic acids is 1. The molecule has 2 heterocycles. The summed E-state index contributed by atoms with van der Waals surface area (Å²) in [7, 11) is 0. The zero-order valence-electron chi connectivity index (χ0n) is 10.9. The SMILES string of the molecule is O=C(NCC1CCN(CC(F)(F)F)CC1)c1ccsc1. The van der Waals surface area contributed by atoms with Crippen molar-refractivity contribution in [1.29, 1.82) is 0 Å². The number of thiophene rings is 1. The minimum absolute atomic E-state index is 0.107. The van der Waals surface area contributed by atoms with E-state index in [1.54, 1.807) is 11.4 Å². The van der Waals surface area contributed by atoms with E-state index in [-0.39, 0.29) is 11.8 Å². The standard InChI is InChI=1S/C13H17F3N2OS/c14-13(15,16)9-18-4-1-10(2-5-18)7-17-12(19)11-3-6-20-8-11/h3,6,8,10H,1-2,4-5,7,9H2,(H,17,19). The fourth-order valence-corrected chi connectivity index (χ4v) is 2.97. The summed E-state index contributed by atoms with van der Waals surface area (Å²) in [4.78, 5) is 13.2. The molecular weight excluding hydrogens is 289 g/mol. The van der Waals surface area contributed by atoms with Crippen molar-refractivity contribution < 1.29 is 18.0 Å². The molecule has 0 radical (unpaired) electrons. The summed E-state index contributed by atoms with van der Waals surface area (Å²) < 4.78 is 36.8. The molecule has 0 aromatic carbocycles. The van der Waals surface area contributed by atoms with Gasteiger partial charge in [-0.05, 0) is 43.3 Å². The van der Waals surface area contributed by atoms with Crippen molar-refractivity contribution in [1.82, 2.24) is 10.2 Å². The minimum atomic E-state index is -4.12. The van der Waals surface area contributed by atoms with E-state index in [1.807, 2.05) is 5.38 Å². The highest BCUT2D eigenvalue weighted by atomic mass is 32.1. The van der Waals surface area contributed by atoms with Gasteiger partial charge in [0.2, 0.25) is 0 Å². The number of alkyl halides is 3. The van der Waals surface area contributed by atoms with Gasteiger partial charge < -0.3 is 5.32 Å². The van der Waals surface area contributed by atoms with Crippen LogP contribution >= 0.6 is 11.3 Å². The number of amides is 1. The van der Waals surface area contributed by atoms with Crippen molar-refractivity contribution in [2.75, 3.05) is 26.2 Å². The molecule has 1 saturated heterocycles. The molecule has 7 heteroatoms. The molecule has 20 heavy (non-hydrogen) atoms. The molecule has 1 fully saturated rings. The molecular formula is C13H17F3N2OS. The van der Waals surface area contributed by atoms with E-state index in [2.05, 4.69) is 5.32 Å². The first kappa shape index (κ1) is 15.3. The molecule has 0 atom stereocenters. The summed E-state index contributed by atoms with van der Waals surface area (Å²) in [5, 5.41) is 6.46. The first-order valence-corrected chi connectivity index (χ1v) is 7.48. The number of carbonyl (C=O) groups is 1. The van der Waals surface area contributed by atoms with Crippen LogP contribution in [0, 0.1) is 5.92 Å². The number of nitrogens with one attached hydrogen (secondary N) is 1. The number of likely N-dealkylation sites (tertiary alicyclic amines) is 1. The maximum absolute atomic E-state index is 12.3. The van der Waals surface area contributed by atoms with E-state index < -0.39 is 12.7 Å². The van der Waals surface area contributed by atoms with E-state index in [4.69, 9.17) is 0 Å². The quantitative estimate of drug-likeness (QED) is 0.927. The molecule has 1 aliphatic rings. The highest BCUT2D eigenvalue weighted by Gasteiger charge is 2.32. The van der Waals surface area contributed by atoms with Crippen molar-refractivity contribution in [3.05, 3.63) is 22.4 Å². The van der Waals surface area contributed by atoms with Crippen LogP contribution in [0.1, 0.15) is 23.2 Å². The number of nitrogens with zero attached hydrogens (tertiary/aromatic N) is 1. The lowest BCUT2D eigenvalue weighted by Gasteiger charge is -2.32. The molecule has 2 rings (SSSR count). The van der Waals surface area contributed by atoms with Gasteiger partial charge in [-0.1, -0.05) is 0 Å². The zero-order valence-corrected chi connectivity index (χ0v) is 11.8. The third kappa shape index (κ3) is 4.79. The van der Waals surface area contributed by atoms with Gasteiger partial charge in [0.25, 0.3) is 5.91 Å². The average Bonchev–Trinajstić information content (AvgIpc) is 2.89. The summed E-state index contributed by atoms with van der Waals surface area (Å²) in [5.41, 5.74) is 0.643. The maximum Gasteiger partial charge on any atom is 0.401 e. The highest BCUT2D eigenvalue weighted by molar-refractivity contribution is 7.08. The van der Waals surface area contributed by atoms with Gasteiger partial charge in [0.15, 0.2) is 0 Å². The van der Waals surface area contributed by atoms with Gasteiger partial charge in [0.1, 0.15) is 0 Å². The Bertz CT molecular complexity index is 425. The normalized spacial score (nSPS) is 18.1. The molecule has 3 nitrogen and oxygen atoms in total. The maximum atomic E-state index is 12.3. The summed E-state index contributed by atoms with van der Waals surface area (Å²) in [6.45, 7) is 0.590. The van der Waals surface area contributed by atoms with Crippen LogP contribution in [0.5, 0.6) is 0 Å². The van der Waals surface area contributed by atoms with Crippen LogP contribution in [-0.2, 0) is 0 Å². The summed E-state index contributed by atoms with van der Waals surface area (Å²) in [5.74, 6) is 0.158. The number of rotatable bonds is 4. The Morgan fingerprint density at radius 1 is 1.40 bits per heavy atom. The first-order valence-electron chi connectivity index (χ1n) is 6.53. The molecule has 1 aliphatic heterocycles. The number of hydrogen-bond donors (Lipinski definition) is 1. The van der Waals surface area contributed by atoms with Gasteiger partial charge in [-0.3, -0.25) is 9.69 Å². The Hall–Kier alpha value is -1.08. The van der Waals surface area contributed by atoms with Crippen molar-refractivity contribution >= 4 is 17.2 Å². The third-order valence-corrected chi connectivity index (χ3v) is 4.13. The van der Waals surface area contributed by atoms with E-state index >= 15 is 0 Å². The van der Waals surface area contributed by atoms with Crippen LogP contribution in [-0.4, -0.2) is 43.2 Å². The zero-order chi connectivity index (χ0) is 14.6. The Labute approximate surface area is 119 Å². The topological polar surface area (TPSA) is 32.3 Å². The van der Waals surface area contributed by atoms with Crippen molar-refractivity contribution in [3.63, 3.8) is 0 Å². The second-order valence-electron chi connectivity index (χ2n) is 5.06. The average molecular weight is 306 g/mol. The summed E-state index contributed by atoms with van der Waals surface area (Å²) in [6.07, 6.45) is -2.74. The molecule has 1 aromatic rings. The molecule has 1 N–H and O–H groups in total. The predicted octanol–water partition coefficient (Wildman–Crippen LogP) is 2.75. The predicted molar refractivity (Wildman–Crippen MR) is 71.9 cm³/mol. The van der Waals surface area contributed by atoms with E-state index in [9.17, 15) is 18.0 Å². The lowest BCUT2D eigenvalue weighted by atomic mass is 9.96. The highest BCUT2D eigenvalue weighted by Crippen LogP contribution is 2.22.